The number of benzene rings is 2. The molecular formula is C22H23N5. The summed E-state index contributed by atoms with van der Waals surface area (Å²) in [5.74, 6) is 0. The first-order chi connectivity index (χ1) is 13.3. The molecule has 1 aliphatic rings. The zero-order valence-electron chi connectivity index (χ0n) is 15.3. The van der Waals surface area contributed by atoms with Crippen molar-refractivity contribution in [3.63, 3.8) is 0 Å². The molecule has 0 unspecified atom stereocenters. The van der Waals surface area contributed by atoms with E-state index in [1.165, 1.54) is 11.1 Å². The van der Waals surface area contributed by atoms with Crippen LogP contribution >= 0.6 is 0 Å². The van der Waals surface area contributed by atoms with E-state index in [1.807, 2.05) is 41.2 Å². The minimum absolute atomic E-state index is 0.722. The van der Waals surface area contributed by atoms with Gasteiger partial charge in [-0.2, -0.15) is 10.4 Å². The molecule has 0 bridgehead atoms. The Morgan fingerprint density at radius 2 is 1.44 bits per heavy atom. The van der Waals surface area contributed by atoms with E-state index in [0.29, 0.717) is 0 Å². The average Bonchev–Trinajstić information content (AvgIpc) is 3.19. The second-order valence-electron chi connectivity index (χ2n) is 6.99. The van der Waals surface area contributed by atoms with Crippen LogP contribution in [0.2, 0.25) is 0 Å². The summed E-state index contributed by atoms with van der Waals surface area (Å²) in [6, 6.07) is 20.3. The molecule has 0 saturated carbocycles. The van der Waals surface area contributed by atoms with Crippen molar-refractivity contribution >= 4 is 0 Å². The Hall–Kier alpha value is -2.94. The number of hydrogen-bond acceptors (Lipinski definition) is 4. The fraction of sp³-hybridized carbons (Fsp3) is 0.273. The number of hydrogen-bond donors (Lipinski definition) is 0. The van der Waals surface area contributed by atoms with Gasteiger partial charge in [-0.1, -0.05) is 30.3 Å². The van der Waals surface area contributed by atoms with Crippen LogP contribution < -0.4 is 0 Å². The van der Waals surface area contributed by atoms with E-state index in [1.54, 1.807) is 0 Å². The molecule has 0 amide bonds. The summed E-state index contributed by atoms with van der Waals surface area (Å²) in [6.45, 7) is 6.14. The molecule has 0 aliphatic carbocycles. The lowest BCUT2D eigenvalue weighted by atomic mass is 10.1. The molecule has 1 fully saturated rings. The molecule has 136 valence electrons. The maximum absolute atomic E-state index is 8.89. The summed E-state index contributed by atoms with van der Waals surface area (Å²) < 4.78 is 1.94. The van der Waals surface area contributed by atoms with Gasteiger partial charge in [0.2, 0.25) is 0 Å². The summed E-state index contributed by atoms with van der Waals surface area (Å²) in [4.78, 5) is 4.97. The Labute approximate surface area is 160 Å². The van der Waals surface area contributed by atoms with Gasteiger partial charge in [0.25, 0.3) is 0 Å². The third-order valence-electron chi connectivity index (χ3n) is 5.02. The van der Waals surface area contributed by atoms with Crippen LogP contribution in [0, 0.1) is 11.3 Å². The van der Waals surface area contributed by atoms with Crippen molar-refractivity contribution in [1.29, 1.82) is 5.26 Å². The largest absolute Gasteiger partial charge is 0.297 e. The summed E-state index contributed by atoms with van der Waals surface area (Å²) in [5, 5.41) is 13.4. The van der Waals surface area contributed by atoms with Crippen molar-refractivity contribution in [2.24, 2.45) is 0 Å². The number of nitrogens with zero attached hydrogens (tertiary/aromatic N) is 5. The Bertz CT molecular complexity index is 900. The van der Waals surface area contributed by atoms with Gasteiger partial charge in [0.1, 0.15) is 0 Å². The molecule has 2 heterocycles. The number of aromatic nitrogens is 2. The molecule has 0 spiro atoms. The van der Waals surface area contributed by atoms with Gasteiger partial charge in [0.05, 0.1) is 23.5 Å². The molecule has 0 N–H and O–H groups in total. The first kappa shape index (κ1) is 17.5. The average molecular weight is 357 g/mol. The highest BCUT2D eigenvalue weighted by atomic mass is 15.3. The minimum Gasteiger partial charge on any atom is -0.297 e. The highest BCUT2D eigenvalue weighted by Gasteiger charge is 2.17. The molecule has 27 heavy (non-hydrogen) atoms. The molecule has 0 atom stereocenters. The van der Waals surface area contributed by atoms with Crippen molar-refractivity contribution in [2.45, 2.75) is 13.1 Å². The Kier molecular flexibility index (Phi) is 5.29. The third-order valence-corrected chi connectivity index (χ3v) is 5.02. The van der Waals surface area contributed by atoms with Crippen LogP contribution in [0.1, 0.15) is 16.7 Å². The van der Waals surface area contributed by atoms with E-state index < -0.39 is 0 Å². The van der Waals surface area contributed by atoms with Gasteiger partial charge in [-0.25, -0.2) is 4.68 Å². The van der Waals surface area contributed by atoms with E-state index in [0.717, 1.165) is 50.5 Å². The summed E-state index contributed by atoms with van der Waals surface area (Å²) in [5.41, 5.74) is 4.33. The third kappa shape index (κ3) is 4.43. The Balaban J connectivity index is 1.28. The molecule has 4 rings (SSSR count). The van der Waals surface area contributed by atoms with Crippen molar-refractivity contribution in [2.75, 3.05) is 26.2 Å². The first-order valence-corrected chi connectivity index (χ1v) is 9.33. The van der Waals surface area contributed by atoms with Crippen molar-refractivity contribution in [3.8, 4) is 11.8 Å². The molecular weight excluding hydrogens is 334 g/mol. The Morgan fingerprint density at radius 1 is 0.815 bits per heavy atom. The molecule has 0 radical (unpaired) electrons. The van der Waals surface area contributed by atoms with Crippen LogP contribution in [0.3, 0.4) is 0 Å². The Morgan fingerprint density at radius 3 is 2.07 bits per heavy atom. The lowest BCUT2D eigenvalue weighted by Gasteiger charge is -2.34. The fourth-order valence-electron chi connectivity index (χ4n) is 3.47. The molecule has 5 nitrogen and oxygen atoms in total. The van der Waals surface area contributed by atoms with Crippen molar-refractivity contribution in [3.05, 3.63) is 83.7 Å². The van der Waals surface area contributed by atoms with Gasteiger partial charge in [-0.15, -0.1) is 0 Å². The number of nitriles is 1. The predicted molar refractivity (Wildman–Crippen MR) is 105 cm³/mol. The predicted octanol–water partition coefficient (Wildman–Crippen LogP) is 3.06. The second kappa shape index (κ2) is 8.17. The highest BCUT2D eigenvalue weighted by Crippen LogP contribution is 2.13. The zero-order valence-corrected chi connectivity index (χ0v) is 15.3. The SMILES string of the molecule is N#Cc1ccc(CN2CCN(Cc3cnn(-c4ccccc4)c3)CC2)cc1. The maximum atomic E-state index is 8.89. The molecule has 5 heteroatoms. The number of rotatable bonds is 5. The van der Waals surface area contributed by atoms with E-state index in [9.17, 15) is 0 Å². The molecule has 2 aromatic carbocycles. The first-order valence-electron chi connectivity index (χ1n) is 9.33. The number of piperazine rings is 1. The standard InChI is InChI=1S/C22H23N5/c23-14-19-6-8-20(9-7-19)16-25-10-12-26(13-11-25)17-21-15-24-27(18-21)22-4-2-1-3-5-22/h1-9,15,18H,10-13,16-17H2. The molecule has 3 aromatic rings. The van der Waals surface area contributed by atoms with Gasteiger partial charge < -0.3 is 0 Å². The normalized spacial score (nSPS) is 15.5. The second-order valence-corrected chi connectivity index (χ2v) is 6.99. The highest BCUT2D eigenvalue weighted by molar-refractivity contribution is 5.32. The molecule has 1 aromatic heterocycles. The van der Waals surface area contributed by atoms with Crippen LogP contribution in [0.4, 0.5) is 0 Å². The lowest BCUT2D eigenvalue weighted by molar-refractivity contribution is 0.122. The van der Waals surface area contributed by atoms with Gasteiger partial charge >= 0.3 is 0 Å². The summed E-state index contributed by atoms with van der Waals surface area (Å²) in [6.07, 6.45) is 4.09. The molecule has 1 aliphatic heterocycles. The van der Waals surface area contributed by atoms with Gasteiger partial charge in [0.15, 0.2) is 0 Å². The van der Waals surface area contributed by atoms with Crippen LogP contribution in [0.15, 0.2) is 67.0 Å². The topological polar surface area (TPSA) is 48.1 Å². The van der Waals surface area contributed by atoms with Crippen LogP contribution in [0.5, 0.6) is 0 Å². The smallest absolute Gasteiger partial charge is 0.0991 e. The van der Waals surface area contributed by atoms with Crippen molar-refractivity contribution in [1.82, 2.24) is 19.6 Å². The van der Waals surface area contributed by atoms with Gasteiger partial charge in [0, 0.05) is 51.0 Å². The number of para-hydroxylation sites is 1. The van der Waals surface area contributed by atoms with E-state index in [4.69, 9.17) is 5.26 Å². The van der Waals surface area contributed by atoms with E-state index in [2.05, 4.69) is 51.4 Å². The van der Waals surface area contributed by atoms with Crippen LogP contribution in [-0.4, -0.2) is 45.8 Å². The monoisotopic (exact) mass is 357 g/mol. The minimum atomic E-state index is 0.722. The van der Waals surface area contributed by atoms with Crippen molar-refractivity contribution < 1.29 is 0 Å². The molecule has 1 saturated heterocycles. The zero-order chi connectivity index (χ0) is 18.5. The van der Waals surface area contributed by atoms with Crippen LogP contribution in [0.25, 0.3) is 5.69 Å². The van der Waals surface area contributed by atoms with Gasteiger partial charge in [-0.3, -0.25) is 9.80 Å². The maximum Gasteiger partial charge on any atom is 0.0991 e. The fourth-order valence-corrected chi connectivity index (χ4v) is 3.47. The quantitative estimate of drug-likeness (QED) is 0.704. The summed E-state index contributed by atoms with van der Waals surface area (Å²) in [7, 11) is 0. The van der Waals surface area contributed by atoms with E-state index in [-0.39, 0.29) is 0 Å². The van der Waals surface area contributed by atoms with E-state index >= 15 is 0 Å². The van der Waals surface area contributed by atoms with Gasteiger partial charge in [-0.05, 0) is 29.8 Å². The summed E-state index contributed by atoms with van der Waals surface area (Å²) >= 11 is 0. The van der Waals surface area contributed by atoms with Crippen LogP contribution in [-0.2, 0) is 13.1 Å². The lowest BCUT2D eigenvalue weighted by Crippen LogP contribution is -2.45.